The van der Waals surface area contributed by atoms with Crippen LogP contribution < -0.4 is 5.32 Å². The van der Waals surface area contributed by atoms with Crippen molar-refractivity contribution in [2.75, 3.05) is 0 Å². The van der Waals surface area contributed by atoms with Crippen LogP contribution in [0.1, 0.15) is 37.8 Å². The van der Waals surface area contributed by atoms with Crippen molar-refractivity contribution in [3.63, 3.8) is 0 Å². The van der Waals surface area contributed by atoms with Crippen LogP contribution in [0.4, 0.5) is 0 Å². The lowest BCUT2D eigenvalue weighted by Gasteiger charge is -2.16. The number of benzene rings is 1. The molecular weight excluding hydrogens is 242 g/mol. The highest BCUT2D eigenvalue weighted by Crippen LogP contribution is 2.29. The molecule has 0 spiro atoms. The molecule has 18 heavy (non-hydrogen) atoms. The van der Waals surface area contributed by atoms with Crippen LogP contribution in [-0.4, -0.2) is 22.5 Å². The van der Waals surface area contributed by atoms with Gasteiger partial charge in [-0.3, -0.25) is 0 Å². The second-order valence-corrected chi connectivity index (χ2v) is 6.74. The van der Waals surface area contributed by atoms with Gasteiger partial charge in [0.25, 0.3) is 0 Å². The lowest BCUT2D eigenvalue weighted by Crippen LogP contribution is -2.16. The quantitative estimate of drug-likeness (QED) is 0.775. The van der Waals surface area contributed by atoms with Crippen LogP contribution in [0.15, 0.2) is 23.1 Å². The molecule has 2 unspecified atom stereocenters. The molecule has 1 aromatic rings. The van der Waals surface area contributed by atoms with Crippen molar-refractivity contribution in [3.8, 4) is 0 Å². The van der Waals surface area contributed by atoms with E-state index in [1.807, 2.05) is 6.92 Å². The van der Waals surface area contributed by atoms with E-state index in [9.17, 15) is 5.11 Å². The maximum atomic E-state index is 9.55. The topological polar surface area (TPSA) is 32.3 Å². The molecule has 1 fully saturated rings. The average molecular weight is 265 g/mol. The van der Waals surface area contributed by atoms with Crippen molar-refractivity contribution in [1.29, 1.82) is 0 Å². The zero-order valence-electron chi connectivity index (χ0n) is 11.4. The van der Waals surface area contributed by atoms with Gasteiger partial charge in [-0.25, -0.2) is 0 Å². The molecule has 2 atom stereocenters. The van der Waals surface area contributed by atoms with Gasteiger partial charge in [0.05, 0.1) is 6.10 Å². The van der Waals surface area contributed by atoms with Gasteiger partial charge in [-0.05, 0) is 43.9 Å². The van der Waals surface area contributed by atoms with Gasteiger partial charge in [-0.2, -0.15) is 0 Å². The summed E-state index contributed by atoms with van der Waals surface area (Å²) in [6.07, 6.45) is 2.39. The minimum absolute atomic E-state index is 0.235. The third-order valence-corrected chi connectivity index (χ3v) is 4.88. The molecule has 1 saturated carbocycles. The van der Waals surface area contributed by atoms with Crippen molar-refractivity contribution in [3.05, 3.63) is 29.3 Å². The van der Waals surface area contributed by atoms with Crippen molar-refractivity contribution in [2.45, 2.75) is 62.4 Å². The molecule has 0 amide bonds. The Balaban J connectivity index is 1.95. The third-order valence-electron chi connectivity index (χ3n) is 3.40. The highest BCUT2D eigenvalue weighted by atomic mass is 32.2. The van der Waals surface area contributed by atoms with Crippen LogP contribution in [0.25, 0.3) is 0 Å². The average Bonchev–Trinajstić information content (AvgIpc) is 3.13. The zero-order chi connectivity index (χ0) is 13.1. The molecular formula is C15H23NOS. The molecule has 3 heteroatoms. The highest BCUT2D eigenvalue weighted by molar-refractivity contribution is 8.00. The number of nitrogens with one attached hydrogen (secondary N) is 1. The second kappa shape index (κ2) is 6.09. The van der Waals surface area contributed by atoms with Crippen LogP contribution in [0.3, 0.4) is 0 Å². The summed E-state index contributed by atoms with van der Waals surface area (Å²) in [7, 11) is 0. The Morgan fingerprint density at radius 2 is 2.11 bits per heavy atom. The molecule has 2 nitrogen and oxygen atoms in total. The summed E-state index contributed by atoms with van der Waals surface area (Å²) in [5, 5.41) is 13.3. The Morgan fingerprint density at radius 1 is 1.39 bits per heavy atom. The minimum atomic E-state index is -0.273. The van der Waals surface area contributed by atoms with E-state index in [1.54, 1.807) is 11.8 Å². The van der Waals surface area contributed by atoms with Gasteiger partial charge in [0, 0.05) is 22.7 Å². The Labute approximate surface area is 114 Å². The predicted molar refractivity (Wildman–Crippen MR) is 78.0 cm³/mol. The van der Waals surface area contributed by atoms with Crippen molar-refractivity contribution in [1.82, 2.24) is 5.32 Å². The van der Waals surface area contributed by atoms with Crippen LogP contribution in [-0.2, 0) is 6.54 Å². The molecule has 2 rings (SSSR count). The normalized spacial score (nSPS) is 18.7. The summed E-state index contributed by atoms with van der Waals surface area (Å²) in [6, 6.07) is 7.39. The third kappa shape index (κ3) is 4.01. The van der Waals surface area contributed by atoms with E-state index in [-0.39, 0.29) is 11.4 Å². The lowest BCUT2D eigenvalue weighted by molar-refractivity contribution is 0.196. The fourth-order valence-corrected chi connectivity index (χ4v) is 2.79. The highest BCUT2D eigenvalue weighted by Gasteiger charge is 2.20. The summed E-state index contributed by atoms with van der Waals surface area (Å²) in [5.74, 6) is 0. The summed E-state index contributed by atoms with van der Waals surface area (Å²) in [5.41, 5.74) is 2.66. The fourth-order valence-electron chi connectivity index (χ4n) is 1.80. The first-order valence-electron chi connectivity index (χ1n) is 6.74. The van der Waals surface area contributed by atoms with Gasteiger partial charge in [-0.15, -0.1) is 11.8 Å². The van der Waals surface area contributed by atoms with Crippen LogP contribution in [0.5, 0.6) is 0 Å². The van der Waals surface area contributed by atoms with E-state index in [0.29, 0.717) is 0 Å². The summed E-state index contributed by atoms with van der Waals surface area (Å²) in [6.45, 7) is 7.04. The van der Waals surface area contributed by atoms with Crippen molar-refractivity contribution < 1.29 is 5.11 Å². The molecule has 0 heterocycles. The molecule has 0 saturated heterocycles. The van der Waals surface area contributed by atoms with Gasteiger partial charge in [0.15, 0.2) is 0 Å². The smallest absolute Gasteiger partial charge is 0.0631 e. The number of aliphatic hydroxyl groups excluding tert-OH is 1. The molecule has 0 radical (unpaired) electrons. The van der Waals surface area contributed by atoms with Crippen molar-refractivity contribution in [2.24, 2.45) is 0 Å². The first kappa shape index (κ1) is 13.9. The molecule has 2 N–H and O–H groups in total. The first-order valence-corrected chi connectivity index (χ1v) is 7.62. The van der Waals surface area contributed by atoms with Gasteiger partial charge >= 0.3 is 0 Å². The fraction of sp³-hybridized carbons (Fsp3) is 0.600. The van der Waals surface area contributed by atoms with E-state index in [1.165, 1.54) is 28.9 Å². The standard InChI is InChI=1S/C15H23NOS/c1-10-8-13(9-16-14-5-6-14)4-7-15(10)18-12(3)11(2)17/h4,7-8,11-12,14,16-17H,5-6,9H2,1-3H3. The first-order chi connectivity index (χ1) is 8.56. The molecule has 0 bridgehead atoms. The Hall–Kier alpha value is -0.510. The number of thioether (sulfide) groups is 1. The van der Waals surface area contributed by atoms with E-state index in [0.717, 1.165) is 12.6 Å². The monoisotopic (exact) mass is 265 g/mol. The summed E-state index contributed by atoms with van der Waals surface area (Å²) < 4.78 is 0. The maximum absolute atomic E-state index is 9.55. The molecule has 0 aliphatic heterocycles. The molecule has 1 aromatic carbocycles. The number of hydrogen-bond acceptors (Lipinski definition) is 3. The van der Waals surface area contributed by atoms with Crippen molar-refractivity contribution >= 4 is 11.8 Å². The van der Waals surface area contributed by atoms with Crippen LogP contribution >= 0.6 is 11.8 Å². The van der Waals surface area contributed by atoms with Gasteiger partial charge in [0.1, 0.15) is 0 Å². The lowest BCUT2D eigenvalue weighted by atomic mass is 10.1. The minimum Gasteiger partial charge on any atom is -0.392 e. The summed E-state index contributed by atoms with van der Waals surface area (Å²) in [4.78, 5) is 1.28. The number of aryl methyl sites for hydroxylation is 1. The van der Waals surface area contributed by atoms with E-state index in [4.69, 9.17) is 0 Å². The predicted octanol–water partition coefficient (Wildman–Crippen LogP) is 3.11. The van der Waals surface area contributed by atoms with Gasteiger partial charge in [0.2, 0.25) is 0 Å². The van der Waals surface area contributed by atoms with Crippen LogP contribution in [0.2, 0.25) is 0 Å². The number of rotatable bonds is 6. The van der Waals surface area contributed by atoms with Gasteiger partial charge in [-0.1, -0.05) is 19.1 Å². The Bertz CT molecular complexity index is 401. The molecule has 100 valence electrons. The Morgan fingerprint density at radius 3 is 2.67 bits per heavy atom. The van der Waals surface area contributed by atoms with Crippen LogP contribution in [0, 0.1) is 6.92 Å². The maximum Gasteiger partial charge on any atom is 0.0631 e. The van der Waals surface area contributed by atoms with Gasteiger partial charge < -0.3 is 10.4 Å². The second-order valence-electron chi connectivity index (χ2n) is 5.32. The molecule has 1 aliphatic carbocycles. The molecule has 1 aliphatic rings. The number of hydrogen-bond donors (Lipinski definition) is 2. The van der Waals surface area contributed by atoms with E-state index >= 15 is 0 Å². The SMILES string of the molecule is Cc1cc(CNC2CC2)ccc1SC(C)C(C)O. The zero-order valence-corrected chi connectivity index (χ0v) is 12.3. The number of aliphatic hydroxyl groups is 1. The summed E-state index contributed by atoms with van der Waals surface area (Å²) >= 11 is 1.75. The molecule has 0 aromatic heterocycles. The largest absolute Gasteiger partial charge is 0.392 e. The van der Waals surface area contributed by atoms with E-state index < -0.39 is 0 Å². The Kier molecular flexibility index (Phi) is 4.71. The van der Waals surface area contributed by atoms with E-state index in [2.05, 4.69) is 37.4 Å².